The fourth-order valence-corrected chi connectivity index (χ4v) is 2.52. The molecule has 2 aromatic carbocycles. The van der Waals surface area contributed by atoms with Crippen LogP contribution < -0.4 is 10.9 Å². The molecule has 3 aromatic rings. The van der Waals surface area contributed by atoms with Crippen molar-refractivity contribution >= 4 is 23.0 Å². The van der Waals surface area contributed by atoms with Gasteiger partial charge in [0.2, 0.25) is 0 Å². The Kier molecular flexibility index (Phi) is 6.28. The van der Waals surface area contributed by atoms with E-state index in [2.05, 4.69) is 17.2 Å². The predicted molar refractivity (Wildman–Crippen MR) is 106 cm³/mol. The van der Waals surface area contributed by atoms with Crippen molar-refractivity contribution in [3.63, 3.8) is 0 Å². The number of carbonyl (C=O) groups excluding carboxylic acids is 1. The Morgan fingerprint density at radius 3 is 2.66 bits per heavy atom. The molecule has 0 aliphatic rings. The molecule has 0 bridgehead atoms. The molecule has 7 heteroatoms. The number of ether oxygens (including phenoxy) is 1. The van der Waals surface area contributed by atoms with Crippen LogP contribution in [0.4, 0.5) is 4.79 Å². The zero-order valence-corrected chi connectivity index (χ0v) is 15.3. The van der Waals surface area contributed by atoms with Gasteiger partial charge in [0.15, 0.2) is 0 Å². The number of amides is 1. The standard InChI is InChI=1S/C22H17NO6/c24-20(25)18-13-17-12-15(9-10-19(17)29-21(18)26)6-4-5-11-23-22(27)28-14-16-7-2-1-3-8-16/h1-3,7-10,12-13H,5,11,14H2,(H,23,27)(H,24,25). The van der Waals surface area contributed by atoms with Crippen molar-refractivity contribution in [1.82, 2.24) is 5.32 Å². The van der Waals surface area contributed by atoms with E-state index in [9.17, 15) is 14.4 Å². The fourth-order valence-electron chi connectivity index (χ4n) is 2.52. The van der Waals surface area contributed by atoms with Gasteiger partial charge in [-0.05, 0) is 29.8 Å². The minimum absolute atomic E-state index is 0.198. The van der Waals surface area contributed by atoms with Gasteiger partial charge < -0.3 is 19.6 Å². The van der Waals surface area contributed by atoms with Crippen molar-refractivity contribution in [3.05, 3.63) is 81.7 Å². The molecule has 1 amide bonds. The molecule has 0 spiro atoms. The van der Waals surface area contributed by atoms with Crippen molar-refractivity contribution in [2.24, 2.45) is 0 Å². The highest BCUT2D eigenvalue weighted by atomic mass is 16.5. The second-order valence-electron chi connectivity index (χ2n) is 6.05. The lowest BCUT2D eigenvalue weighted by Crippen LogP contribution is -2.24. The summed E-state index contributed by atoms with van der Waals surface area (Å²) in [5.74, 6) is 4.49. The molecule has 0 aliphatic heterocycles. The molecule has 7 nitrogen and oxygen atoms in total. The minimum Gasteiger partial charge on any atom is -0.477 e. The quantitative estimate of drug-likeness (QED) is 0.393. The van der Waals surface area contributed by atoms with Crippen LogP contribution in [0.3, 0.4) is 0 Å². The normalized spacial score (nSPS) is 10.1. The number of carbonyl (C=O) groups is 2. The number of fused-ring (bicyclic) bond motifs is 1. The van der Waals surface area contributed by atoms with Crippen LogP contribution in [0.15, 0.2) is 63.8 Å². The van der Waals surface area contributed by atoms with E-state index < -0.39 is 23.3 Å². The van der Waals surface area contributed by atoms with Crippen molar-refractivity contribution in [2.45, 2.75) is 13.0 Å². The zero-order valence-electron chi connectivity index (χ0n) is 15.3. The Hall–Kier alpha value is -4.05. The molecule has 0 unspecified atom stereocenters. The van der Waals surface area contributed by atoms with Crippen molar-refractivity contribution in [3.8, 4) is 11.8 Å². The molecule has 1 aromatic heterocycles. The highest BCUT2D eigenvalue weighted by Gasteiger charge is 2.12. The number of nitrogens with one attached hydrogen (secondary N) is 1. The van der Waals surface area contributed by atoms with Gasteiger partial charge in [-0.2, -0.15) is 0 Å². The second kappa shape index (κ2) is 9.24. The van der Waals surface area contributed by atoms with E-state index in [1.165, 1.54) is 6.07 Å². The third-order valence-electron chi connectivity index (χ3n) is 3.93. The van der Waals surface area contributed by atoms with Crippen LogP contribution in [-0.4, -0.2) is 23.7 Å². The summed E-state index contributed by atoms with van der Waals surface area (Å²) in [6.07, 6.45) is -0.111. The molecule has 0 radical (unpaired) electrons. The fraction of sp³-hybridized carbons (Fsp3) is 0.136. The largest absolute Gasteiger partial charge is 0.477 e. The highest BCUT2D eigenvalue weighted by Crippen LogP contribution is 2.15. The average molecular weight is 391 g/mol. The molecule has 0 atom stereocenters. The van der Waals surface area contributed by atoms with E-state index in [1.807, 2.05) is 30.3 Å². The number of carboxylic acid groups (broad SMARTS) is 1. The number of aromatic carboxylic acids is 1. The van der Waals surface area contributed by atoms with Crippen LogP contribution in [0.1, 0.15) is 27.9 Å². The first-order valence-electron chi connectivity index (χ1n) is 8.77. The minimum atomic E-state index is -1.35. The number of rotatable bonds is 5. The molecule has 0 aliphatic carbocycles. The summed E-state index contributed by atoms with van der Waals surface area (Å²) in [5, 5.41) is 12.1. The lowest BCUT2D eigenvalue weighted by Gasteiger charge is -2.05. The predicted octanol–water partition coefficient (Wildman–Crippen LogP) is 3.16. The molecule has 2 N–H and O–H groups in total. The monoisotopic (exact) mass is 391 g/mol. The molecule has 3 rings (SSSR count). The van der Waals surface area contributed by atoms with Gasteiger partial charge >= 0.3 is 17.7 Å². The Labute approximate surface area is 165 Å². The van der Waals surface area contributed by atoms with Gasteiger partial charge in [0.1, 0.15) is 17.8 Å². The van der Waals surface area contributed by atoms with E-state index in [-0.39, 0.29) is 12.2 Å². The molecule has 0 saturated heterocycles. The molecule has 1 heterocycles. The van der Waals surface area contributed by atoms with Crippen LogP contribution in [-0.2, 0) is 11.3 Å². The number of hydrogen-bond donors (Lipinski definition) is 2. The first kappa shape index (κ1) is 19.7. The summed E-state index contributed by atoms with van der Waals surface area (Å²) in [4.78, 5) is 34.3. The molecular formula is C22H17NO6. The van der Waals surface area contributed by atoms with Crippen molar-refractivity contribution < 1.29 is 23.8 Å². The van der Waals surface area contributed by atoms with E-state index in [0.717, 1.165) is 5.56 Å². The van der Waals surface area contributed by atoms with Gasteiger partial charge in [0, 0.05) is 23.9 Å². The van der Waals surface area contributed by atoms with Crippen LogP contribution in [0, 0.1) is 11.8 Å². The maximum absolute atomic E-state index is 11.6. The zero-order chi connectivity index (χ0) is 20.6. The first-order chi connectivity index (χ1) is 14.0. The summed E-state index contributed by atoms with van der Waals surface area (Å²) < 4.78 is 10.1. The lowest BCUT2D eigenvalue weighted by atomic mass is 10.1. The molecular weight excluding hydrogens is 374 g/mol. The average Bonchev–Trinajstić information content (AvgIpc) is 2.72. The van der Waals surface area contributed by atoms with E-state index in [1.54, 1.807) is 18.2 Å². The molecule has 0 fully saturated rings. The van der Waals surface area contributed by atoms with E-state index in [0.29, 0.717) is 23.9 Å². The number of carboxylic acids is 1. The molecule has 0 saturated carbocycles. The summed E-state index contributed by atoms with van der Waals surface area (Å²) in [7, 11) is 0. The van der Waals surface area contributed by atoms with Crippen LogP contribution in [0.25, 0.3) is 11.0 Å². The Balaban J connectivity index is 1.52. The van der Waals surface area contributed by atoms with Gasteiger partial charge in [-0.1, -0.05) is 42.2 Å². The summed E-state index contributed by atoms with van der Waals surface area (Å²) >= 11 is 0. The molecule has 146 valence electrons. The number of benzene rings is 2. The third-order valence-corrected chi connectivity index (χ3v) is 3.93. The Morgan fingerprint density at radius 1 is 1.10 bits per heavy atom. The summed E-state index contributed by atoms with van der Waals surface area (Å²) in [6.45, 7) is 0.524. The lowest BCUT2D eigenvalue weighted by molar-refractivity contribution is 0.0692. The number of hydrogen-bond acceptors (Lipinski definition) is 5. The first-order valence-corrected chi connectivity index (χ1v) is 8.77. The van der Waals surface area contributed by atoms with Gasteiger partial charge in [-0.3, -0.25) is 0 Å². The summed E-state index contributed by atoms with van der Waals surface area (Å²) in [5.41, 5.74) is 0.498. The number of alkyl carbamates (subject to hydrolysis) is 1. The van der Waals surface area contributed by atoms with Gasteiger partial charge in [-0.25, -0.2) is 14.4 Å². The van der Waals surface area contributed by atoms with Crippen LogP contribution >= 0.6 is 0 Å². The van der Waals surface area contributed by atoms with Crippen molar-refractivity contribution in [1.29, 1.82) is 0 Å². The van der Waals surface area contributed by atoms with Gasteiger partial charge in [0.05, 0.1) is 0 Å². The Bertz CT molecular complexity index is 1150. The molecule has 29 heavy (non-hydrogen) atoms. The highest BCUT2D eigenvalue weighted by molar-refractivity contribution is 5.91. The topological polar surface area (TPSA) is 106 Å². The van der Waals surface area contributed by atoms with Gasteiger partial charge in [0.25, 0.3) is 0 Å². The maximum atomic E-state index is 11.6. The van der Waals surface area contributed by atoms with E-state index in [4.69, 9.17) is 14.3 Å². The Morgan fingerprint density at radius 2 is 1.90 bits per heavy atom. The van der Waals surface area contributed by atoms with Crippen molar-refractivity contribution in [2.75, 3.05) is 6.54 Å². The second-order valence-corrected chi connectivity index (χ2v) is 6.05. The van der Waals surface area contributed by atoms with Gasteiger partial charge in [-0.15, -0.1) is 0 Å². The van der Waals surface area contributed by atoms with Crippen LogP contribution in [0.2, 0.25) is 0 Å². The maximum Gasteiger partial charge on any atom is 0.407 e. The third kappa shape index (κ3) is 5.47. The SMILES string of the molecule is O=C(NCCC#Cc1ccc2oc(=O)c(C(=O)O)cc2c1)OCc1ccccc1. The van der Waals surface area contributed by atoms with Crippen LogP contribution in [0.5, 0.6) is 0 Å². The smallest absolute Gasteiger partial charge is 0.407 e. The van der Waals surface area contributed by atoms with E-state index >= 15 is 0 Å². The summed E-state index contributed by atoms with van der Waals surface area (Å²) in [6, 6.07) is 15.5.